The van der Waals surface area contributed by atoms with E-state index in [1.54, 1.807) is 30.3 Å². The molecule has 0 aliphatic carbocycles. The first kappa shape index (κ1) is 22.1. The number of phenols is 1. The number of halogens is 1. The quantitative estimate of drug-likeness (QED) is 0.331. The van der Waals surface area contributed by atoms with Crippen molar-refractivity contribution >= 4 is 23.1 Å². The van der Waals surface area contributed by atoms with Crippen molar-refractivity contribution in [1.29, 1.82) is 0 Å². The second-order valence-electron chi connectivity index (χ2n) is 7.65. The molecule has 1 saturated heterocycles. The Labute approximate surface area is 190 Å². The lowest BCUT2D eigenvalue weighted by Crippen LogP contribution is -2.29. The van der Waals surface area contributed by atoms with Crippen LogP contribution in [0.3, 0.4) is 0 Å². The number of nitrogens with zero attached hydrogens (tertiary/aromatic N) is 1. The summed E-state index contributed by atoms with van der Waals surface area (Å²) in [5, 5.41) is 21.2. The number of anilines is 1. The molecule has 33 heavy (non-hydrogen) atoms. The number of rotatable bonds is 5. The number of Topliss-reactive ketones (excluding diaryl/α,β-unsaturated/α-hetero) is 1. The van der Waals surface area contributed by atoms with Crippen molar-refractivity contribution in [2.24, 2.45) is 0 Å². The highest BCUT2D eigenvalue weighted by Crippen LogP contribution is 2.43. The summed E-state index contributed by atoms with van der Waals surface area (Å²) in [6.45, 7) is 4.15. The number of amides is 1. The summed E-state index contributed by atoms with van der Waals surface area (Å²) < 4.78 is 19.0. The lowest BCUT2D eigenvalue weighted by molar-refractivity contribution is -0.132. The van der Waals surface area contributed by atoms with Gasteiger partial charge in [-0.15, -0.1) is 0 Å². The van der Waals surface area contributed by atoms with Gasteiger partial charge in [0.05, 0.1) is 18.2 Å². The van der Waals surface area contributed by atoms with Crippen molar-refractivity contribution in [3.63, 3.8) is 0 Å². The lowest BCUT2D eigenvalue weighted by atomic mass is 9.94. The van der Waals surface area contributed by atoms with E-state index in [1.165, 1.54) is 41.3 Å². The maximum Gasteiger partial charge on any atom is 0.300 e. The van der Waals surface area contributed by atoms with Crippen LogP contribution in [0.5, 0.6) is 11.5 Å². The maximum atomic E-state index is 13.5. The van der Waals surface area contributed by atoms with Crippen LogP contribution in [0, 0.1) is 12.7 Å². The second kappa shape index (κ2) is 8.78. The topological polar surface area (TPSA) is 87.1 Å². The van der Waals surface area contributed by atoms with E-state index >= 15 is 0 Å². The number of carbonyl (C=O) groups excluding carboxylic acids is 2. The maximum absolute atomic E-state index is 13.5. The normalized spacial score (nSPS) is 17.4. The Morgan fingerprint density at radius 2 is 1.79 bits per heavy atom. The summed E-state index contributed by atoms with van der Waals surface area (Å²) in [7, 11) is 0. The van der Waals surface area contributed by atoms with Crippen molar-refractivity contribution in [1.82, 2.24) is 0 Å². The molecule has 2 N–H and O–H groups in total. The van der Waals surface area contributed by atoms with Crippen LogP contribution in [0.2, 0.25) is 0 Å². The molecule has 168 valence electrons. The minimum Gasteiger partial charge on any atom is -0.508 e. The number of ether oxygens (including phenoxy) is 1. The number of aromatic hydroxyl groups is 1. The summed E-state index contributed by atoms with van der Waals surface area (Å²) in [4.78, 5) is 27.4. The Hall–Kier alpha value is -4.13. The largest absolute Gasteiger partial charge is 0.508 e. The van der Waals surface area contributed by atoms with Gasteiger partial charge in [0.15, 0.2) is 0 Å². The molecule has 3 aromatic carbocycles. The van der Waals surface area contributed by atoms with Crippen LogP contribution >= 0.6 is 0 Å². The Kier molecular flexibility index (Phi) is 5.87. The van der Waals surface area contributed by atoms with Crippen molar-refractivity contribution in [3.05, 3.63) is 94.8 Å². The van der Waals surface area contributed by atoms with Crippen LogP contribution in [0.4, 0.5) is 10.1 Å². The van der Waals surface area contributed by atoms with Crippen molar-refractivity contribution in [2.75, 3.05) is 11.5 Å². The van der Waals surface area contributed by atoms with Gasteiger partial charge in [0.25, 0.3) is 11.7 Å². The third-order valence-corrected chi connectivity index (χ3v) is 5.48. The number of benzene rings is 3. The number of phenolic OH excluding ortho intramolecular Hbond substituents is 1. The summed E-state index contributed by atoms with van der Waals surface area (Å²) in [5.41, 5.74) is 1.68. The van der Waals surface area contributed by atoms with Crippen molar-refractivity contribution in [2.45, 2.75) is 19.9 Å². The van der Waals surface area contributed by atoms with Gasteiger partial charge in [0.2, 0.25) is 0 Å². The third-order valence-electron chi connectivity index (χ3n) is 5.48. The van der Waals surface area contributed by atoms with Crippen molar-refractivity contribution in [3.8, 4) is 11.5 Å². The predicted octanol–water partition coefficient (Wildman–Crippen LogP) is 4.86. The van der Waals surface area contributed by atoms with Gasteiger partial charge < -0.3 is 14.9 Å². The SMILES string of the molecule is CCOc1ccc(/C(O)=C2/C(=O)C(=O)N(c3ccc(F)cc3)C2c2cccc(O)c2)cc1C. The summed E-state index contributed by atoms with van der Waals surface area (Å²) in [5.74, 6) is -2.00. The van der Waals surface area contributed by atoms with Crippen LogP contribution in [-0.2, 0) is 9.59 Å². The summed E-state index contributed by atoms with van der Waals surface area (Å²) in [6, 6.07) is 15.2. The molecule has 7 heteroatoms. The van der Waals surface area contributed by atoms with E-state index in [0.29, 0.717) is 23.5 Å². The Morgan fingerprint density at radius 1 is 1.06 bits per heavy atom. The molecule has 1 fully saturated rings. The first-order chi connectivity index (χ1) is 15.8. The van der Waals surface area contributed by atoms with Crippen LogP contribution < -0.4 is 9.64 Å². The molecule has 0 saturated carbocycles. The number of carbonyl (C=O) groups is 2. The molecule has 0 bridgehead atoms. The molecule has 6 nitrogen and oxygen atoms in total. The minimum absolute atomic E-state index is 0.0610. The summed E-state index contributed by atoms with van der Waals surface area (Å²) in [6.07, 6.45) is 0. The van der Waals surface area contributed by atoms with E-state index in [9.17, 15) is 24.2 Å². The third kappa shape index (κ3) is 4.05. The fourth-order valence-corrected chi connectivity index (χ4v) is 3.98. The molecule has 4 rings (SSSR count). The van der Waals surface area contributed by atoms with Gasteiger partial charge in [0, 0.05) is 11.3 Å². The molecule has 1 heterocycles. The Morgan fingerprint density at radius 3 is 2.42 bits per heavy atom. The zero-order valence-electron chi connectivity index (χ0n) is 18.1. The van der Waals surface area contributed by atoms with Crippen LogP contribution in [0.1, 0.15) is 29.7 Å². The standard InChI is InChI=1S/C26H22FNO5/c1-3-33-21-12-7-17(13-15(21)2)24(30)22-23(16-5-4-6-20(29)14-16)28(26(32)25(22)31)19-10-8-18(27)9-11-19/h4-14,23,29-30H,3H2,1-2H3/b24-22-. The van der Waals surface area contributed by atoms with E-state index in [1.807, 2.05) is 13.8 Å². The number of hydrogen-bond donors (Lipinski definition) is 2. The van der Waals surface area contributed by atoms with Gasteiger partial charge in [-0.25, -0.2) is 4.39 Å². The van der Waals surface area contributed by atoms with Gasteiger partial charge in [-0.05, 0) is 79.6 Å². The molecule has 3 aromatic rings. The van der Waals surface area contributed by atoms with E-state index < -0.39 is 23.5 Å². The van der Waals surface area contributed by atoms with Gasteiger partial charge in [0.1, 0.15) is 23.1 Å². The van der Waals surface area contributed by atoms with Gasteiger partial charge in [-0.3, -0.25) is 14.5 Å². The average Bonchev–Trinajstić information content (AvgIpc) is 3.06. The first-order valence-corrected chi connectivity index (χ1v) is 10.4. The van der Waals surface area contributed by atoms with E-state index in [0.717, 1.165) is 5.56 Å². The molecule has 0 radical (unpaired) electrons. The lowest BCUT2D eigenvalue weighted by Gasteiger charge is -2.25. The number of aliphatic hydroxyl groups excluding tert-OH is 1. The van der Waals surface area contributed by atoms with Crippen LogP contribution in [0.15, 0.2) is 72.3 Å². The van der Waals surface area contributed by atoms with Crippen LogP contribution in [0.25, 0.3) is 5.76 Å². The molecule has 0 aromatic heterocycles. The zero-order valence-corrected chi connectivity index (χ0v) is 18.1. The molecule has 1 unspecified atom stereocenters. The molecule has 1 aliphatic heterocycles. The number of ketones is 1. The number of hydrogen-bond acceptors (Lipinski definition) is 5. The van der Waals surface area contributed by atoms with Gasteiger partial charge >= 0.3 is 0 Å². The molecular formula is C26H22FNO5. The van der Waals surface area contributed by atoms with Crippen molar-refractivity contribution < 1.29 is 28.9 Å². The molecule has 0 spiro atoms. The number of aryl methyl sites for hydroxylation is 1. The fraction of sp³-hybridized carbons (Fsp3) is 0.154. The smallest absolute Gasteiger partial charge is 0.300 e. The highest BCUT2D eigenvalue weighted by molar-refractivity contribution is 6.51. The van der Waals surface area contributed by atoms with Crippen LogP contribution in [-0.4, -0.2) is 28.5 Å². The fourth-order valence-electron chi connectivity index (χ4n) is 3.98. The van der Waals surface area contributed by atoms with Gasteiger partial charge in [-0.1, -0.05) is 12.1 Å². The first-order valence-electron chi connectivity index (χ1n) is 10.4. The Balaban J connectivity index is 1.91. The number of aliphatic hydroxyl groups is 1. The monoisotopic (exact) mass is 447 g/mol. The second-order valence-corrected chi connectivity index (χ2v) is 7.65. The Bertz CT molecular complexity index is 1270. The summed E-state index contributed by atoms with van der Waals surface area (Å²) >= 11 is 0. The molecule has 1 amide bonds. The highest BCUT2D eigenvalue weighted by Gasteiger charge is 2.47. The minimum atomic E-state index is -1.02. The van der Waals surface area contributed by atoms with E-state index in [-0.39, 0.29) is 22.8 Å². The zero-order chi connectivity index (χ0) is 23.7. The van der Waals surface area contributed by atoms with Gasteiger partial charge in [-0.2, -0.15) is 0 Å². The van der Waals surface area contributed by atoms with E-state index in [4.69, 9.17) is 4.74 Å². The van der Waals surface area contributed by atoms with E-state index in [2.05, 4.69) is 0 Å². The molecular weight excluding hydrogens is 425 g/mol. The predicted molar refractivity (Wildman–Crippen MR) is 122 cm³/mol. The molecule has 1 aliphatic rings. The average molecular weight is 447 g/mol. The molecule has 1 atom stereocenters. The highest BCUT2D eigenvalue weighted by atomic mass is 19.1.